The molecule has 11 heavy (non-hydrogen) atoms. The monoisotopic (exact) mass is 262 g/mol. The lowest BCUT2D eigenvalue weighted by atomic mass is 10.1. The molecule has 0 bridgehead atoms. The summed E-state index contributed by atoms with van der Waals surface area (Å²) in [4.78, 5) is 0. The maximum Gasteiger partial charge on any atom is 0.123 e. The maximum atomic E-state index is 5.21. The van der Waals surface area contributed by atoms with Crippen LogP contribution in [0.15, 0.2) is 18.2 Å². The van der Waals surface area contributed by atoms with Crippen LogP contribution in [0.2, 0.25) is 0 Å². The van der Waals surface area contributed by atoms with Crippen LogP contribution < -0.4 is 4.74 Å². The van der Waals surface area contributed by atoms with Gasteiger partial charge in [-0.1, -0.05) is 13.0 Å². The van der Waals surface area contributed by atoms with Crippen molar-refractivity contribution in [2.75, 3.05) is 7.11 Å². The Morgan fingerprint density at radius 1 is 1.45 bits per heavy atom. The van der Waals surface area contributed by atoms with Gasteiger partial charge in [-0.25, -0.2) is 0 Å². The van der Waals surface area contributed by atoms with Crippen molar-refractivity contribution < 1.29 is 4.74 Å². The average molecular weight is 262 g/mol. The van der Waals surface area contributed by atoms with E-state index in [0.717, 1.165) is 12.2 Å². The van der Waals surface area contributed by atoms with E-state index >= 15 is 0 Å². The molecule has 0 heterocycles. The minimum absolute atomic E-state index is 0.999. The quantitative estimate of drug-likeness (QED) is 0.744. The molecule has 0 saturated heterocycles. The number of methoxy groups -OCH3 is 1. The van der Waals surface area contributed by atoms with Gasteiger partial charge in [-0.15, -0.1) is 0 Å². The number of hydrogen-bond acceptors (Lipinski definition) is 1. The van der Waals surface area contributed by atoms with Crippen LogP contribution in [0.5, 0.6) is 5.75 Å². The van der Waals surface area contributed by atoms with Gasteiger partial charge >= 0.3 is 0 Å². The fourth-order valence-corrected chi connectivity index (χ4v) is 1.93. The van der Waals surface area contributed by atoms with Gasteiger partial charge in [0.05, 0.1) is 7.11 Å². The topological polar surface area (TPSA) is 9.23 Å². The molecule has 2 heteroatoms. The highest BCUT2D eigenvalue weighted by Crippen LogP contribution is 2.23. The largest absolute Gasteiger partial charge is 0.496 e. The second-order valence-electron chi connectivity index (χ2n) is 2.27. The highest BCUT2D eigenvalue weighted by Gasteiger charge is 2.02. The molecular weight excluding hydrogens is 251 g/mol. The lowest BCUT2D eigenvalue weighted by Crippen LogP contribution is -1.92. The molecule has 0 aliphatic heterocycles. The van der Waals surface area contributed by atoms with E-state index < -0.39 is 0 Å². The molecular formula is C9H11IO. The van der Waals surface area contributed by atoms with Crippen LogP contribution in [0.4, 0.5) is 0 Å². The van der Waals surface area contributed by atoms with E-state index in [1.54, 1.807) is 7.11 Å². The minimum Gasteiger partial charge on any atom is -0.496 e. The molecule has 1 aromatic rings. The van der Waals surface area contributed by atoms with Crippen LogP contribution >= 0.6 is 22.6 Å². The van der Waals surface area contributed by atoms with Crippen molar-refractivity contribution in [2.45, 2.75) is 13.3 Å². The van der Waals surface area contributed by atoms with Crippen LogP contribution in [0.1, 0.15) is 12.5 Å². The van der Waals surface area contributed by atoms with Crippen LogP contribution in [-0.2, 0) is 6.42 Å². The molecule has 0 saturated carbocycles. The molecule has 0 spiro atoms. The lowest BCUT2D eigenvalue weighted by molar-refractivity contribution is 0.409. The average Bonchev–Trinajstić information content (AvgIpc) is 2.04. The summed E-state index contributed by atoms with van der Waals surface area (Å²) in [6, 6.07) is 6.11. The van der Waals surface area contributed by atoms with Crippen molar-refractivity contribution >= 4 is 22.6 Å². The zero-order valence-electron chi connectivity index (χ0n) is 6.73. The zero-order chi connectivity index (χ0) is 8.27. The Morgan fingerprint density at radius 2 is 2.18 bits per heavy atom. The van der Waals surface area contributed by atoms with Crippen molar-refractivity contribution in [3.05, 3.63) is 27.3 Å². The van der Waals surface area contributed by atoms with Gasteiger partial charge in [-0.3, -0.25) is 0 Å². The van der Waals surface area contributed by atoms with E-state index in [2.05, 4.69) is 35.6 Å². The summed E-state index contributed by atoms with van der Waals surface area (Å²) in [6.45, 7) is 2.14. The molecule has 1 aromatic carbocycles. The summed E-state index contributed by atoms with van der Waals surface area (Å²) in [6.07, 6.45) is 1.03. The predicted octanol–water partition coefficient (Wildman–Crippen LogP) is 2.86. The molecule has 0 unspecified atom stereocenters. The second kappa shape index (κ2) is 3.95. The van der Waals surface area contributed by atoms with Gasteiger partial charge in [0.2, 0.25) is 0 Å². The minimum atomic E-state index is 0.999. The third kappa shape index (κ3) is 1.86. The Kier molecular flexibility index (Phi) is 3.17. The van der Waals surface area contributed by atoms with E-state index in [0.29, 0.717) is 0 Å². The fourth-order valence-electron chi connectivity index (χ4n) is 1.07. The number of ether oxygens (including phenoxy) is 1. The molecule has 0 atom stereocenters. The van der Waals surface area contributed by atoms with Gasteiger partial charge in [-0.2, -0.15) is 0 Å². The fraction of sp³-hybridized carbons (Fsp3) is 0.333. The Balaban J connectivity index is 3.13. The Bertz CT molecular complexity index is 245. The number of benzene rings is 1. The van der Waals surface area contributed by atoms with E-state index in [4.69, 9.17) is 4.74 Å². The maximum absolute atomic E-state index is 5.21. The molecule has 0 amide bonds. The van der Waals surface area contributed by atoms with Crippen LogP contribution in [-0.4, -0.2) is 7.11 Å². The van der Waals surface area contributed by atoms with E-state index in [1.165, 1.54) is 9.13 Å². The molecule has 0 radical (unpaired) electrons. The van der Waals surface area contributed by atoms with Gasteiger partial charge < -0.3 is 4.74 Å². The Morgan fingerprint density at radius 3 is 2.64 bits per heavy atom. The standard InChI is InChI=1S/C9H11IO/c1-3-7-8(10)5-4-6-9(7)11-2/h4-6H,3H2,1-2H3. The molecule has 1 rings (SSSR count). The summed E-state index contributed by atoms with van der Waals surface area (Å²) < 4.78 is 6.49. The third-order valence-corrected chi connectivity index (χ3v) is 2.66. The van der Waals surface area contributed by atoms with Crippen molar-refractivity contribution in [3.8, 4) is 5.75 Å². The smallest absolute Gasteiger partial charge is 0.123 e. The summed E-state index contributed by atoms with van der Waals surface area (Å²) in [5.74, 6) is 0.999. The van der Waals surface area contributed by atoms with Crippen LogP contribution in [0.3, 0.4) is 0 Å². The third-order valence-electron chi connectivity index (χ3n) is 1.65. The van der Waals surface area contributed by atoms with Crippen molar-refractivity contribution in [1.29, 1.82) is 0 Å². The Labute approximate surface area is 80.9 Å². The summed E-state index contributed by atoms with van der Waals surface area (Å²) >= 11 is 2.33. The summed E-state index contributed by atoms with van der Waals surface area (Å²) in [5.41, 5.74) is 1.30. The van der Waals surface area contributed by atoms with Crippen LogP contribution in [0.25, 0.3) is 0 Å². The summed E-state index contributed by atoms with van der Waals surface area (Å²) in [7, 11) is 1.71. The second-order valence-corrected chi connectivity index (χ2v) is 3.44. The van der Waals surface area contributed by atoms with Crippen LogP contribution in [0, 0.1) is 3.57 Å². The van der Waals surface area contributed by atoms with Crippen molar-refractivity contribution in [2.24, 2.45) is 0 Å². The molecule has 60 valence electrons. The van der Waals surface area contributed by atoms with Gasteiger partial charge in [0, 0.05) is 9.13 Å². The SMILES string of the molecule is CCc1c(I)cccc1OC. The molecule has 1 nitrogen and oxygen atoms in total. The molecule has 0 fully saturated rings. The normalized spacial score (nSPS) is 9.73. The van der Waals surface area contributed by atoms with Crippen molar-refractivity contribution in [3.63, 3.8) is 0 Å². The van der Waals surface area contributed by atoms with Gasteiger partial charge in [-0.05, 0) is 41.1 Å². The highest BCUT2D eigenvalue weighted by molar-refractivity contribution is 14.1. The van der Waals surface area contributed by atoms with Crippen molar-refractivity contribution in [1.82, 2.24) is 0 Å². The number of halogens is 1. The lowest BCUT2D eigenvalue weighted by Gasteiger charge is -2.07. The van der Waals surface area contributed by atoms with E-state index in [-0.39, 0.29) is 0 Å². The van der Waals surface area contributed by atoms with Gasteiger partial charge in [0.15, 0.2) is 0 Å². The first-order valence-corrected chi connectivity index (χ1v) is 4.68. The number of hydrogen-bond donors (Lipinski definition) is 0. The van der Waals surface area contributed by atoms with Gasteiger partial charge in [0.1, 0.15) is 5.75 Å². The first-order valence-electron chi connectivity index (χ1n) is 3.61. The number of rotatable bonds is 2. The predicted molar refractivity (Wildman–Crippen MR) is 55.1 cm³/mol. The highest BCUT2D eigenvalue weighted by atomic mass is 127. The van der Waals surface area contributed by atoms with E-state index in [1.807, 2.05) is 12.1 Å². The molecule has 0 N–H and O–H groups in total. The molecule has 0 aliphatic rings. The zero-order valence-corrected chi connectivity index (χ0v) is 8.88. The molecule has 0 aliphatic carbocycles. The first kappa shape index (κ1) is 8.84. The Hall–Kier alpha value is -0.250. The first-order chi connectivity index (χ1) is 5.29. The van der Waals surface area contributed by atoms with E-state index in [9.17, 15) is 0 Å². The summed E-state index contributed by atoms with van der Waals surface area (Å²) in [5, 5.41) is 0. The van der Waals surface area contributed by atoms with Gasteiger partial charge in [0.25, 0.3) is 0 Å². The molecule has 0 aromatic heterocycles.